The van der Waals surface area contributed by atoms with Crippen LogP contribution in [-0.4, -0.2) is 29.9 Å². The number of rotatable bonds is 7. The molecular formula is C23H25N3O3S. The van der Waals surface area contributed by atoms with Gasteiger partial charge >= 0.3 is 0 Å². The molecule has 0 spiro atoms. The molecule has 30 heavy (non-hydrogen) atoms. The van der Waals surface area contributed by atoms with Gasteiger partial charge in [0.15, 0.2) is 0 Å². The molecule has 0 saturated carbocycles. The fraction of sp³-hybridized carbons (Fsp3) is 0.261. The molecule has 1 heterocycles. The largest absolute Gasteiger partial charge is 0.496 e. The minimum Gasteiger partial charge on any atom is -0.496 e. The van der Waals surface area contributed by atoms with Crippen LogP contribution in [0.4, 0.5) is 5.69 Å². The molecule has 1 atom stereocenters. The number of amides is 2. The standard InChI is InChI=1S/C23H25N3O3S/c1-14(2)21(26-22(27)18-10-5-6-11-20(18)29-4)23(28)25-17-9-7-8-16(12-17)19-13-30-15(3)24-19/h5-14,21H,1-4H3,(H,25,28)(H,26,27)/t21-/m1/s1. The lowest BCUT2D eigenvalue weighted by atomic mass is 10.0. The number of ether oxygens (including phenoxy) is 1. The number of nitrogens with one attached hydrogen (secondary N) is 2. The Bertz CT molecular complexity index is 1050. The van der Waals surface area contributed by atoms with Gasteiger partial charge in [0.2, 0.25) is 5.91 Å². The number of hydrogen-bond acceptors (Lipinski definition) is 5. The topological polar surface area (TPSA) is 80.3 Å². The lowest BCUT2D eigenvalue weighted by molar-refractivity contribution is -0.118. The number of carbonyl (C=O) groups is 2. The van der Waals surface area contributed by atoms with Gasteiger partial charge in [-0.3, -0.25) is 9.59 Å². The number of carbonyl (C=O) groups excluding carboxylic acids is 2. The van der Waals surface area contributed by atoms with Crippen LogP contribution in [0.1, 0.15) is 29.2 Å². The first kappa shape index (κ1) is 21.5. The molecule has 0 fully saturated rings. The summed E-state index contributed by atoms with van der Waals surface area (Å²) in [6, 6.07) is 13.8. The van der Waals surface area contributed by atoms with Crippen molar-refractivity contribution in [3.05, 3.63) is 64.5 Å². The van der Waals surface area contributed by atoms with Gasteiger partial charge in [-0.1, -0.05) is 38.1 Å². The highest BCUT2D eigenvalue weighted by molar-refractivity contribution is 7.09. The first-order valence-electron chi connectivity index (χ1n) is 9.66. The molecule has 3 aromatic rings. The molecule has 0 bridgehead atoms. The Morgan fingerprint density at radius 2 is 1.87 bits per heavy atom. The van der Waals surface area contributed by atoms with Gasteiger partial charge in [-0.15, -0.1) is 11.3 Å². The number of anilines is 1. The Morgan fingerprint density at radius 3 is 2.53 bits per heavy atom. The first-order valence-corrected chi connectivity index (χ1v) is 10.5. The van der Waals surface area contributed by atoms with E-state index in [0.717, 1.165) is 16.3 Å². The maximum absolute atomic E-state index is 13.0. The third-order valence-corrected chi connectivity index (χ3v) is 5.41. The number of aryl methyl sites for hydroxylation is 1. The molecule has 156 valence electrons. The van der Waals surface area contributed by atoms with E-state index in [9.17, 15) is 9.59 Å². The van der Waals surface area contributed by atoms with Crippen molar-refractivity contribution in [2.75, 3.05) is 12.4 Å². The average molecular weight is 424 g/mol. The van der Waals surface area contributed by atoms with Crippen LogP contribution < -0.4 is 15.4 Å². The van der Waals surface area contributed by atoms with Gasteiger partial charge in [-0.05, 0) is 37.1 Å². The van der Waals surface area contributed by atoms with Crippen LogP contribution >= 0.6 is 11.3 Å². The molecule has 2 aromatic carbocycles. The molecule has 2 N–H and O–H groups in total. The third-order valence-electron chi connectivity index (χ3n) is 4.63. The zero-order chi connectivity index (χ0) is 21.7. The number of hydrogen-bond donors (Lipinski definition) is 2. The highest BCUT2D eigenvalue weighted by Gasteiger charge is 2.26. The zero-order valence-corrected chi connectivity index (χ0v) is 18.2. The number of thiazole rings is 1. The minimum atomic E-state index is -0.701. The summed E-state index contributed by atoms with van der Waals surface area (Å²) in [6.07, 6.45) is 0. The monoisotopic (exact) mass is 423 g/mol. The summed E-state index contributed by atoms with van der Waals surface area (Å²) in [5, 5.41) is 8.72. The molecule has 0 aliphatic heterocycles. The number of methoxy groups -OCH3 is 1. The SMILES string of the molecule is COc1ccccc1C(=O)N[C@@H](C(=O)Nc1cccc(-c2csc(C)n2)c1)C(C)C. The molecule has 1 aromatic heterocycles. The van der Waals surface area contributed by atoms with Gasteiger partial charge in [0, 0.05) is 16.6 Å². The molecule has 0 unspecified atom stereocenters. The molecule has 2 amide bonds. The van der Waals surface area contributed by atoms with Crippen LogP contribution in [0.3, 0.4) is 0 Å². The van der Waals surface area contributed by atoms with Crippen LogP contribution in [0.25, 0.3) is 11.3 Å². The van der Waals surface area contributed by atoms with Gasteiger partial charge in [0.25, 0.3) is 5.91 Å². The summed E-state index contributed by atoms with van der Waals surface area (Å²) in [4.78, 5) is 30.2. The van der Waals surface area contributed by atoms with Crippen LogP contribution in [-0.2, 0) is 4.79 Å². The van der Waals surface area contributed by atoms with Crippen molar-refractivity contribution in [1.82, 2.24) is 10.3 Å². The smallest absolute Gasteiger partial charge is 0.255 e. The third kappa shape index (κ3) is 5.04. The van der Waals surface area contributed by atoms with Crippen LogP contribution in [0, 0.1) is 12.8 Å². The van der Waals surface area contributed by atoms with Crippen molar-refractivity contribution in [3.8, 4) is 17.0 Å². The zero-order valence-electron chi connectivity index (χ0n) is 17.4. The predicted octanol–water partition coefficient (Wildman–Crippen LogP) is 4.52. The quantitative estimate of drug-likeness (QED) is 0.585. The Balaban J connectivity index is 1.75. The molecule has 7 heteroatoms. The van der Waals surface area contributed by atoms with Crippen LogP contribution in [0.15, 0.2) is 53.9 Å². The minimum absolute atomic E-state index is 0.104. The highest BCUT2D eigenvalue weighted by Crippen LogP contribution is 2.24. The van der Waals surface area contributed by atoms with E-state index in [1.54, 1.807) is 35.6 Å². The lowest BCUT2D eigenvalue weighted by Gasteiger charge is -2.22. The normalized spacial score (nSPS) is 11.8. The number of nitrogens with zero attached hydrogens (tertiary/aromatic N) is 1. The Kier molecular flexibility index (Phi) is 6.84. The summed E-state index contributed by atoms with van der Waals surface area (Å²) in [6.45, 7) is 5.74. The fourth-order valence-corrected chi connectivity index (χ4v) is 3.68. The molecule has 6 nitrogen and oxygen atoms in total. The maximum Gasteiger partial charge on any atom is 0.255 e. The maximum atomic E-state index is 13.0. The van der Waals surface area contributed by atoms with Crippen molar-refractivity contribution in [3.63, 3.8) is 0 Å². The van der Waals surface area contributed by atoms with Gasteiger partial charge in [-0.2, -0.15) is 0 Å². The summed E-state index contributed by atoms with van der Waals surface area (Å²) in [5.74, 6) is -0.273. The van der Waals surface area contributed by atoms with E-state index in [1.807, 2.05) is 50.4 Å². The van der Waals surface area contributed by atoms with Crippen molar-refractivity contribution in [2.24, 2.45) is 5.92 Å². The Labute approximate surface area is 180 Å². The van der Waals surface area contributed by atoms with E-state index < -0.39 is 6.04 Å². The second-order valence-corrected chi connectivity index (χ2v) is 8.28. The number of aromatic nitrogens is 1. The van der Waals surface area contributed by atoms with E-state index in [1.165, 1.54) is 7.11 Å². The van der Waals surface area contributed by atoms with E-state index in [0.29, 0.717) is 17.0 Å². The molecule has 3 rings (SSSR count). The second kappa shape index (κ2) is 9.54. The number of para-hydroxylation sites is 1. The Hall–Kier alpha value is -3.19. The molecule has 0 radical (unpaired) electrons. The molecular weight excluding hydrogens is 398 g/mol. The van der Waals surface area contributed by atoms with E-state index in [-0.39, 0.29) is 17.7 Å². The van der Waals surface area contributed by atoms with E-state index in [2.05, 4.69) is 15.6 Å². The van der Waals surface area contributed by atoms with Crippen LogP contribution in [0.5, 0.6) is 5.75 Å². The van der Waals surface area contributed by atoms with Gasteiger partial charge in [0.05, 0.1) is 23.4 Å². The van der Waals surface area contributed by atoms with E-state index >= 15 is 0 Å². The second-order valence-electron chi connectivity index (χ2n) is 7.22. The lowest BCUT2D eigenvalue weighted by Crippen LogP contribution is -2.47. The van der Waals surface area contributed by atoms with Crippen LogP contribution in [0.2, 0.25) is 0 Å². The van der Waals surface area contributed by atoms with Crippen molar-refractivity contribution in [1.29, 1.82) is 0 Å². The van der Waals surface area contributed by atoms with Gasteiger partial charge in [0.1, 0.15) is 11.8 Å². The summed E-state index contributed by atoms with van der Waals surface area (Å²) < 4.78 is 5.26. The molecule has 0 aliphatic carbocycles. The molecule has 0 saturated heterocycles. The predicted molar refractivity (Wildman–Crippen MR) is 120 cm³/mol. The Morgan fingerprint density at radius 1 is 1.10 bits per heavy atom. The highest BCUT2D eigenvalue weighted by atomic mass is 32.1. The average Bonchev–Trinajstić information content (AvgIpc) is 3.18. The van der Waals surface area contributed by atoms with Crippen molar-refractivity contribution < 1.29 is 14.3 Å². The summed E-state index contributed by atoms with van der Waals surface area (Å²) >= 11 is 1.58. The number of benzene rings is 2. The first-order chi connectivity index (χ1) is 14.4. The van der Waals surface area contributed by atoms with Gasteiger partial charge in [-0.25, -0.2) is 4.98 Å². The van der Waals surface area contributed by atoms with E-state index in [4.69, 9.17) is 4.74 Å². The van der Waals surface area contributed by atoms with Crippen molar-refractivity contribution in [2.45, 2.75) is 26.8 Å². The summed E-state index contributed by atoms with van der Waals surface area (Å²) in [7, 11) is 1.51. The van der Waals surface area contributed by atoms with Crippen molar-refractivity contribution >= 4 is 28.8 Å². The fourth-order valence-electron chi connectivity index (χ4n) is 3.06. The van der Waals surface area contributed by atoms with Gasteiger partial charge < -0.3 is 15.4 Å². The summed E-state index contributed by atoms with van der Waals surface area (Å²) in [5.41, 5.74) is 2.84. The molecule has 0 aliphatic rings.